The van der Waals surface area contributed by atoms with Crippen molar-refractivity contribution in [3.8, 4) is 0 Å². The number of rotatable bonds is 3. The van der Waals surface area contributed by atoms with Gasteiger partial charge in [-0.1, -0.05) is 0 Å². The van der Waals surface area contributed by atoms with Crippen molar-refractivity contribution in [3.63, 3.8) is 0 Å². The minimum Gasteiger partial charge on any atom is -0.336 e. The first-order valence-corrected chi connectivity index (χ1v) is 7.61. The van der Waals surface area contributed by atoms with Crippen LogP contribution in [0.5, 0.6) is 0 Å². The van der Waals surface area contributed by atoms with Crippen LogP contribution >= 0.6 is 0 Å². The molecule has 1 aliphatic heterocycles. The van der Waals surface area contributed by atoms with Gasteiger partial charge < -0.3 is 10.2 Å². The summed E-state index contributed by atoms with van der Waals surface area (Å²) in [7, 11) is 0. The van der Waals surface area contributed by atoms with Crippen molar-refractivity contribution in [2.75, 3.05) is 13.1 Å². The highest BCUT2D eigenvalue weighted by atomic mass is 16.2. The number of likely N-dealkylation sites (tertiary alicyclic amines) is 1. The molecule has 5 heteroatoms. The third-order valence-electron chi connectivity index (χ3n) is 5.01. The zero-order valence-electron chi connectivity index (χ0n) is 12.6. The molecule has 1 saturated carbocycles. The van der Waals surface area contributed by atoms with Crippen LogP contribution in [-0.2, 0) is 6.54 Å². The maximum Gasteiger partial charge on any atom is 0.317 e. The van der Waals surface area contributed by atoms with Crippen molar-refractivity contribution in [2.45, 2.75) is 52.6 Å². The third kappa shape index (κ3) is 2.30. The summed E-state index contributed by atoms with van der Waals surface area (Å²) in [5.41, 5.74) is 3.51. The predicted molar refractivity (Wildman–Crippen MR) is 77.7 cm³/mol. The maximum atomic E-state index is 12.2. The lowest BCUT2D eigenvalue weighted by atomic mass is 10.1. The molecule has 20 heavy (non-hydrogen) atoms. The summed E-state index contributed by atoms with van der Waals surface area (Å²) in [6, 6.07) is 0.603. The molecule has 1 saturated heterocycles. The molecule has 0 unspecified atom stereocenters. The number of aryl methyl sites for hydroxylation is 1. The second-order valence-electron chi connectivity index (χ2n) is 6.24. The molecule has 2 atom stereocenters. The summed E-state index contributed by atoms with van der Waals surface area (Å²) < 4.78 is 1.99. The summed E-state index contributed by atoms with van der Waals surface area (Å²) in [5.74, 6) is 0.754. The van der Waals surface area contributed by atoms with Crippen LogP contribution in [0.3, 0.4) is 0 Å². The van der Waals surface area contributed by atoms with E-state index < -0.39 is 0 Å². The highest BCUT2D eigenvalue weighted by Crippen LogP contribution is 2.37. The zero-order chi connectivity index (χ0) is 14.3. The Morgan fingerprint density at radius 1 is 1.35 bits per heavy atom. The lowest BCUT2D eigenvalue weighted by Gasteiger charge is -2.27. The van der Waals surface area contributed by atoms with Gasteiger partial charge in [0, 0.05) is 24.8 Å². The number of aromatic nitrogens is 2. The van der Waals surface area contributed by atoms with Gasteiger partial charge in [-0.2, -0.15) is 5.10 Å². The van der Waals surface area contributed by atoms with Gasteiger partial charge in [0.2, 0.25) is 0 Å². The van der Waals surface area contributed by atoms with E-state index in [0.717, 1.165) is 24.7 Å². The summed E-state index contributed by atoms with van der Waals surface area (Å²) in [6.07, 6.45) is 3.71. The number of fused-ring (bicyclic) bond motifs is 2. The molecule has 2 fully saturated rings. The van der Waals surface area contributed by atoms with E-state index in [1.54, 1.807) is 0 Å². The van der Waals surface area contributed by atoms with E-state index in [0.29, 0.717) is 12.6 Å². The zero-order valence-corrected chi connectivity index (χ0v) is 12.6. The molecule has 1 aromatic rings. The van der Waals surface area contributed by atoms with Gasteiger partial charge >= 0.3 is 6.03 Å². The normalized spacial score (nSPS) is 24.4. The van der Waals surface area contributed by atoms with Gasteiger partial charge in [-0.15, -0.1) is 0 Å². The van der Waals surface area contributed by atoms with Gasteiger partial charge in [0.05, 0.1) is 12.2 Å². The van der Waals surface area contributed by atoms with Crippen LogP contribution in [0.1, 0.15) is 36.2 Å². The molecular weight excluding hydrogens is 252 g/mol. The number of nitrogens with one attached hydrogen (secondary N) is 1. The quantitative estimate of drug-likeness (QED) is 0.918. The Bertz CT molecular complexity index is 522. The van der Waals surface area contributed by atoms with Crippen LogP contribution in [0.4, 0.5) is 4.79 Å². The monoisotopic (exact) mass is 276 g/mol. The highest BCUT2D eigenvalue weighted by molar-refractivity contribution is 5.75. The molecule has 5 nitrogen and oxygen atoms in total. The van der Waals surface area contributed by atoms with Gasteiger partial charge in [-0.3, -0.25) is 4.68 Å². The summed E-state index contributed by atoms with van der Waals surface area (Å²) in [5, 5.41) is 7.53. The van der Waals surface area contributed by atoms with Gasteiger partial charge in [0.25, 0.3) is 0 Å². The molecule has 2 aliphatic rings. The largest absolute Gasteiger partial charge is 0.336 e. The number of nitrogens with zero attached hydrogens (tertiary/aromatic N) is 3. The van der Waals surface area contributed by atoms with Crippen LogP contribution < -0.4 is 5.32 Å². The summed E-state index contributed by atoms with van der Waals surface area (Å²) in [6.45, 7) is 8.54. The molecule has 0 radical (unpaired) electrons. The van der Waals surface area contributed by atoms with E-state index in [1.807, 2.05) is 16.5 Å². The van der Waals surface area contributed by atoms with Crippen molar-refractivity contribution in [1.29, 1.82) is 0 Å². The minimum atomic E-state index is 0.107. The van der Waals surface area contributed by atoms with Crippen molar-refractivity contribution < 1.29 is 4.79 Å². The number of carbonyl (C=O) groups is 1. The molecule has 110 valence electrons. The molecule has 1 aliphatic carbocycles. The molecular formula is C15H24N4O. The highest BCUT2D eigenvalue weighted by Gasteiger charge is 2.40. The van der Waals surface area contributed by atoms with Gasteiger partial charge in [0.1, 0.15) is 0 Å². The Hall–Kier alpha value is -1.52. The van der Waals surface area contributed by atoms with Gasteiger partial charge in [-0.25, -0.2) is 4.79 Å². The van der Waals surface area contributed by atoms with E-state index in [1.165, 1.54) is 30.5 Å². The first-order chi connectivity index (χ1) is 9.56. The number of hydrogen-bond acceptors (Lipinski definition) is 2. The fourth-order valence-electron chi connectivity index (χ4n) is 3.55. The van der Waals surface area contributed by atoms with Crippen LogP contribution in [0.25, 0.3) is 0 Å². The predicted octanol–water partition coefficient (Wildman–Crippen LogP) is 2.00. The van der Waals surface area contributed by atoms with E-state index in [2.05, 4.69) is 24.3 Å². The third-order valence-corrected chi connectivity index (χ3v) is 5.01. The fourth-order valence-corrected chi connectivity index (χ4v) is 3.55. The lowest BCUT2D eigenvalue weighted by Crippen LogP contribution is -2.45. The van der Waals surface area contributed by atoms with Crippen LogP contribution in [0.2, 0.25) is 0 Å². The average molecular weight is 276 g/mol. The van der Waals surface area contributed by atoms with Crippen LogP contribution in [-0.4, -0.2) is 39.8 Å². The molecule has 2 amide bonds. The Balaban J connectivity index is 1.50. The Morgan fingerprint density at radius 2 is 2.15 bits per heavy atom. The first kappa shape index (κ1) is 13.5. The van der Waals surface area contributed by atoms with E-state index in [4.69, 9.17) is 0 Å². The molecule has 1 N–H and O–H groups in total. The number of hydrogen-bond donors (Lipinski definition) is 1. The van der Waals surface area contributed by atoms with Crippen LogP contribution in [0.15, 0.2) is 0 Å². The number of piperidine rings is 1. The van der Waals surface area contributed by atoms with Gasteiger partial charge in [-0.05, 0) is 51.5 Å². The molecule has 2 heterocycles. The molecule has 1 aromatic heterocycles. The fraction of sp³-hybridized carbons (Fsp3) is 0.733. The molecule has 2 bridgehead atoms. The van der Waals surface area contributed by atoms with Crippen molar-refractivity contribution in [3.05, 3.63) is 17.0 Å². The van der Waals surface area contributed by atoms with E-state index in [9.17, 15) is 4.79 Å². The van der Waals surface area contributed by atoms with Gasteiger partial charge in [0.15, 0.2) is 0 Å². The Kier molecular flexibility index (Phi) is 3.44. The number of carbonyl (C=O) groups excluding carboxylic acids is 1. The van der Waals surface area contributed by atoms with Crippen molar-refractivity contribution in [2.24, 2.45) is 5.92 Å². The molecule has 3 rings (SSSR count). The van der Waals surface area contributed by atoms with Crippen molar-refractivity contribution >= 4 is 6.03 Å². The second-order valence-corrected chi connectivity index (χ2v) is 6.24. The number of amides is 2. The average Bonchev–Trinajstić information content (AvgIpc) is 3.11. The molecule has 0 spiro atoms. The second kappa shape index (κ2) is 5.11. The summed E-state index contributed by atoms with van der Waals surface area (Å²) >= 11 is 0. The molecule has 0 aromatic carbocycles. The SMILES string of the molecule is Cc1nn(CCNC(=O)N2C[C@H]3CC[C@H]2C3)c(C)c1C. The lowest BCUT2D eigenvalue weighted by molar-refractivity contribution is 0.180. The first-order valence-electron chi connectivity index (χ1n) is 7.61. The van der Waals surface area contributed by atoms with Crippen LogP contribution in [0, 0.1) is 26.7 Å². The van der Waals surface area contributed by atoms with E-state index >= 15 is 0 Å². The van der Waals surface area contributed by atoms with E-state index in [-0.39, 0.29) is 6.03 Å². The topological polar surface area (TPSA) is 50.2 Å². The number of urea groups is 1. The summed E-state index contributed by atoms with van der Waals surface area (Å²) in [4.78, 5) is 14.2. The minimum absolute atomic E-state index is 0.107. The smallest absolute Gasteiger partial charge is 0.317 e. The maximum absolute atomic E-state index is 12.2. The Morgan fingerprint density at radius 3 is 2.70 bits per heavy atom. The standard InChI is InChI=1S/C15H24N4O/c1-10-11(2)17-19(12(10)3)7-6-16-15(20)18-9-13-4-5-14(18)8-13/h13-14H,4-9H2,1-3H3,(H,16,20)/t13-,14-/m0/s1. The van der Waals surface area contributed by atoms with Crippen molar-refractivity contribution in [1.82, 2.24) is 20.0 Å². The Labute approximate surface area is 120 Å².